The van der Waals surface area contributed by atoms with Crippen molar-refractivity contribution in [2.75, 3.05) is 0 Å². The van der Waals surface area contributed by atoms with Gasteiger partial charge >= 0.3 is 0 Å². The maximum Gasteiger partial charge on any atom is 0 e. The molecule has 4 aromatic rings. The van der Waals surface area contributed by atoms with E-state index in [1.54, 1.807) is 0 Å². The Morgan fingerprint density at radius 3 is 1.11 bits per heavy atom. The molecule has 0 bridgehead atoms. The van der Waals surface area contributed by atoms with Crippen LogP contribution in [0.25, 0.3) is 10.8 Å². The molecule has 0 atom stereocenters. The van der Waals surface area contributed by atoms with Gasteiger partial charge in [0.25, 0.3) is 0 Å². The van der Waals surface area contributed by atoms with Crippen LogP contribution in [-0.4, -0.2) is 0 Å². The molecule has 0 spiro atoms. The fourth-order valence-electron chi connectivity index (χ4n) is 3.12. The molecule has 0 fully saturated rings. The Labute approximate surface area is 268 Å². The minimum absolute atomic E-state index is 0. The second kappa shape index (κ2) is 23.7. The van der Waals surface area contributed by atoms with Crippen molar-refractivity contribution in [2.45, 2.75) is 61.8 Å². The maximum absolute atomic E-state index is 2.22. The first-order valence-electron chi connectivity index (χ1n) is 11.4. The van der Waals surface area contributed by atoms with Crippen molar-refractivity contribution >= 4 is 10.8 Å². The van der Waals surface area contributed by atoms with Gasteiger partial charge in [-0.1, -0.05) is 134 Å². The maximum atomic E-state index is 2.22. The summed E-state index contributed by atoms with van der Waals surface area (Å²) in [4.78, 5) is 0. The number of aryl methyl sites for hydroxylation is 6. The number of benzene rings is 4. The van der Waals surface area contributed by atoms with Crippen LogP contribution < -0.4 is 0 Å². The average Bonchev–Trinajstić information content (AvgIpc) is 2.77. The van der Waals surface area contributed by atoms with E-state index >= 15 is 0 Å². The Kier molecular flexibility index (Phi) is 28.1. The molecule has 4 aromatic carbocycles. The molecule has 4 rings (SSSR count). The molecule has 2 heteroatoms. The molecule has 0 saturated carbocycles. The van der Waals surface area contributed by atoms with E-state index in [1.165, 1.54) is 44.2 Å². The third-order valence-corrected chi connectivity index (χ3v) is 4.85. The fourth-order valence-corrected chi connectivity index (χ4v) is 3.12. The van der Waals surface area contributed by atoms with Crippen LogP contribution in [0.3, 0.4) is 0 Å². The Balaban J connectivity index is -0.000000192. The van der Waals surface area contributed by atoms with E-state index in [9.17, 15) is 0 Å². The van der Waals surface area contributed by atoms with Gasteiger partial charge in [0.2, 0.25) is 0 Å². The monoisotopic (exact) mass is 620 g/mol. The minimum Gasteiger partial charge on any atom is -0.358 e. The van der Waals surface area contributed by atoms with Gasteiger partial charge in [-0.3, -0.25) is 0 Å². The van der Waals surface area contributed by atoms with Crippen molar-refractivity contribution in [2.24, 2.45) is 0 Å². The average molecular weight is 621 g/mol. The van der Waals surface area contributed by atoms with Gasteiger partial charge in [0.15, 0.2) is 0 Å². The molecular weight excluding hydrogens is 574 g/mol. The summed E-state index contributed by atoms with van der Waals surface area (Å²) in [5.74, 6) is 0. The third-order valence-electron chi connectivity index (χ3n) is 4.85. The van der Waals surface area contributed by atoms with Crippen LogP contribution in [0.2, 0.25) is 0 Å². The van der Waals surface area contributed by atoms with Crippen molar-refractivity contribution < 1.29 is 65.4 Å². The molecule has 2 radical (unpaired) electrons. The van der Waals surface area contributed by atoms with E-state index in [1.807, 2.05) is 13.8 Å². The second-order valence-corrected chi connectivity index (χ2v) is 7.85. The number of hydrogen-bond donors (Lipinski definition) is 0. The van der Waals surface area contributed by atoms with Crippen LogP contribution in [0, 0.1) is 49.5 Å². The molecule has 35 heavy (non-hydrogen) atoms. The molecule has 0 aliphatic carbocycles. The standard InChI is InChI=1S/C12H12.C9H12.C8H10.C2H6.2CH3.2Y/c1-9-3-5-12-8-10(2)4-6-11(12)7-9;1-3-9-6-4-8(2)5-7-9;1-7-4-3-5-8(2)6-7;1-2;;;;/h3-8H,1-2H3;4-7H,3H2,1-2H3;3-6H,1-2H3;1-2H3;2*1H3;;/q;;;;2*-1;;. The molecular formula is C33H46Y2-2. The van der Waals surface area contributed by atoms with E-state index in [2.05, 4.69) is 126 Å². The Hall–Kier alpha value is -0.652. The summed E-state index contributed by atoms with van der Waals surface area (Å²) in [6.45, 7) is 16.7. The first-order chi connectivity index (χ1) is 14.9. The SMILES string of the molecule is CC.CCc1ccc(C)cc1.Cc1ccc2cc(C)ccc2c1.Cc1cccc(C)c1.[CH3-].[CH3-].[Y].[Y]. The van der Waals surface area contributed by atoms with E-state index in [-0.39, 0.29) is 80.3 Å². The van der Waals surface area contributed by atoms with Crippen LogP contribution in [0.5, 0.6) is 0 Å². The predicted octanol–water partition coefficient (Wildman–Crippen LogP) is 10.2. The van der Waals surface area contributed by atoms with Crippen LogP contribution in [0.15, 0.2) is 84.9 Å². The number of hydrogen-bond acceptors (Lipinski definition) is 0. The zero-order valence-electron chi connectivity index (χ0n) is 23.9. The first kappa shape index (κ1) is 41.5. The van der Waals surface area contributed by atoms with Crippen molar-refractivity contribution in [3.63, 3.8) is 0 Å². The minimum atomic E-state index is 0. The number of rotatable bonds is 1. The topological polar surface area (TPSA) is 0 Å². The largest absolute Gasteiger partial charge is 0.358 e. The van der Waals surface area contributed by atoms with Gasteiger partial charge in [0.1, 0.15) is 0 Å². The molecule has 0 aliphatic heterocycles. The van der Waals surface area contributed by atoms with Crippen molar-refractivity contribution in [3.8, 4) is 0 Å². The van der Waals surface area contributed by atoms with Crippen molar-refractivity contribution in [1.29, 1.82) is 0 Å². The summed E-state index contributed by atoms with van der Waals surface area (Å²) >= 11 is 0. The zero-order chi connectivity index (χ0) is 23.2. The van der Waals surface area contributed by atoms with Gasteiger partial charge in [0.05, 0.1) is 0 Å². The van der Waals surface area contributed by atoms with Crippen LogP contribution in [0.1, 0.15) is 54.2 Å². The summed E-state index contributed by atoms with van der Waals surface area (Å²) in [6.07, 6.45) is 1.14. The first-order valence-corrected chi connectivity index (χ1v) is 11.4. The summed E-state index contributed by atoms with van der Waals surface area (Å²) in [5.41, 5.74) is 8.08. The summed E-state index contributed by atoms with van der Waals surface area (Å²) < 4.78 is 0. The Morgan fingerprint density at radius 1 is 0.457 bits per heavy atom. The number of fused-ring (bicyclic) bond motifs is 1. The molecule has 0 saturated heterocycles. The van der Waals surface area contributed by atoms with Crippen LogP contribution in [0.4, 0.5) is 0 Å². The summed E-state index contributed by atoms with van der Waals surface area (Å²) in [7, 11) is 0. The van der Waals surface area contributed by atoms with Gasteiger partial charge in [0, 0.05) is 65.4 Å². The smallest absolute Gasteiger partial charge is 0 e. The van der Waals surface area contributed by atoms with Crippen molar-refractivity contribution in [1.82, 2.24) is 0 Å². The summed E-state index contributed by atoms with van der Waals surface area (Å²) in [5, 5.41) is 2.67. The Morgan fingerprint density at radius 2 is 0.800 bits per heavy atom. The zero-order valence-corrected chi connectivity index (χ0v) is 29.6. The van der Waals surface area contributed by atoms with Gasteiger partial charge in [-0.05, 0) is 57.4 Å². The van der Waals surface area contributed by atoms with E-state index in [0.29, 0.717) is 0 Å². The van der Waals surface area contributed by atoms with E-state index in [4.69, 9.17) is 0 Å². The molecule has 0 amide bonds. The summed E-state index contributed by atoms with van der Waals surface area (Å²) in [6, 6.07) is 30.2. The molecule has 0 unspecified atom stereocenters. The fraction of sp³-hybridized carbons (Fsp3) is 0.273. The van der Waals surface area contributed by atoms with Gasteiger partial charge in [-0.15, -0.1) is 0 Å². The quantitative estimate of drug-likeness (QED) is 0.186. The normalized spacial score (nSPS) is 8.34. The van der Waals surface area contributed by atoms with Crippen LogP contribution in [-0.2, 0) is 71.8 Å². The molecule has 0 heterocycles. The van der Waals surface area contributed by atoms with Gasteiger partial charge in [-0.25, -0.2) is 0 Å². The molecule has 186 valence electrons. The van der Waals surface area contributed by atoms with Crippen LogP contribution >= 0.6 is 0 Å². The van der Waals surface area contributed by atoms with Gasteiger partial charge < -0.3 is 14.9 Å². The molecule has 0 aromatic heterocycles. The molecule has 0 N–H and O–H groups in total. The van der Waals surface area contributed by atoms with E-state index < -0.39 is 0 Å². The molecule has 0 nitrogen and oxygen atoms in total. The van der Waals surface area contributed by atoms with Gasteiger partial charge in [-0.2, -0.15) is 0 Å². The third kappa shape index (κ3) is 17.4. The molecule has 0 aliphatic rings. The predicted molar refractivity (Wildman–Crippen MR) is 154 cm³/mol. The second-order valence-electron chi connectivity index (χ2n) is 7.85. The van der Waals surface area contributed by atoms with E-state index in [0.717, 1.165) is 6.42 Å². The van der Waals surface area contributed by atoms with Crippen molar-refractivity contribution in [3.05, 3.63) is 133 Å². The Bertz CT molecular complexity index is 976.